The molecule has 0 unspecified atom stereocenters. The van der Waals surface area contributed by atoms with E-state index in [-0.39, 0.29) is 11.5 Å². The summed E-state index contributed by atoms with van der Waals surface area (Å²) in [6, 6.07) is 13.2. The highest BCUT2D eigenvalue weighted by Crippen LogP contribution is 2.28. The van der Waals surface area contributed by atoms with Crippen molar-refractivity contribution in [3.05, 3.63) is 71.2 Å². The van der Waals surface area contributed by atoms with E-state index in [0.29, 0.717) is 47.3 Å². The predicted molar refractivity (Wildman–Crippen MR) is 137 cm³/mol. The molecule has 3 aromatic rings. The van der Waals surface area contributed by atoms with Crippen molar-refractivity contribution in [1.29, 1.82) is 0 Å². The molecule has 194 valence electrons. The Morgan fingerprint density at radius 1 is 0.730 bits per heavy atom. The van der Waals surface area contributed by atoms with Crippen molar-refractivity contribution in [2.45, 2.75) is 13.8 Å². The lowest BCUT2D eigenvalue weighted by Gasteiger charge is -2.09. The number of furan rings is 1. The van der Waals surface area contributed by atoms with Gasteiger partial charge in [-0.3, -0.25) is 9.59 Å². The average molecular weight is 509 g/mol. The number of rotatable bonds is 12. The molecule has 0 spiro atoms. The van der Waals surface area contributed by atoms with Gasteiger partial charge in [0, 0.05) is 0 Å². The fourth-order valence-electron chi connectivity index (χ4n) is 3.10. The van der Waals surface area contributed by atoms with E-state index >= 15 is 0 Å². The van der Waals surface area contributed by atoms with Crippen molar-refractivity contribution in [3.63, 3.8) is 0 Å². The van der Waals surface area contributed by atoms with Crippen molar-refractivity contribution in [3.8, 4) is 23.0 Å². The van der Waals surface area contributed by atoms with Gasteiger partial charge in [0.05, 0.1) is 39.9 Å². The maximum absolute atomic E-state index is 12.3. The number of hydrogen-bond acceptors (Lipinski definition) is 9. The Balaban J connectivity index is 1.55. The number of hydrazone groups is 2. The second-order valence-electron chi connectivity index (χ2n) is 7.25. The number of methoxy groups -OCH3 is 2. The van der Waals surface area contributed by atoms with Crippen LogP contribution in [-0.2, 0) is 0 Å². The van der Waals surface area contributed by atoms with Crippen LogP contribution < -0.4 is 29.8 Å². The van der Waals surface area contributed by atoms with Crippen LogP contribution in [0.25, 0.3) is 0 Å². The Kier molecular flexibility index (Phi) is 9.66. The molecule has 0 atom stereocenters. The third kappa shape index (κ3) is 7.34. The smallest absolute Gasteiger partial charge is 0.307 e. The summed E-state index contributed by atoms with van der Waals surface area (Å²) in [6.45, 7) is 4.77. The number of nitrogens with one attached hydrogen (secondary N) is 2. The third-order valence-electron chi connectivity index (χ3n) is 4.79. The van der Waals surface area contributed by atoms with Crippen LogP contribution in [0.4, 0.5) is 0 Å². The fourth-order valence-corrected chi connectivity index (χ4v) is 3.10. The van der Waals surface area contributed by atoms with E-state index < -0.39 is 11.8 Å². The van der Waals surface area contributed by atoms with E-state index in [4.69, 9.17) is 23.4 Å². The van der Waals surface area contributed by atoms with E-state index in [0.717, 1.165) is 0 Å². The molecule has 0 radical (unpaired) electrons. The highest BCUT2D eigenvalue weighted by Gasteiger charge is 2.15. The van der Waals surface area contributed by atoms with Crippen molar-refractivity contribution < 1.29 is 33.0 Å². The third-order valence-corrected chi connectivity index (χ3v) is 4.79. The van der Waals surface area contributed by atoms with E-state index in [2.05, 4.69) is 21.1 Å². The topological polar surface area (TPSA) is 133 Å². The zero-order valence-electron chi connectivity index (χ0n) is 20.9. The Labute approximate surface area is 214 Å². The van der Waals surface area contributed by atoms with Gasteiger partial charge in [-0.1, -0.05) is 0 Å². The molecule has 1 aromatic heterocycles. The predicted octanol–water partition coefficient (Wildman–Crippen LogP) is 3.62. The van der Waals surface area contributed by atoms with Gasteiger partial charge in [-0.2, -0.15) is 10.2 Å². The normalized spacial score (nSPS) is 10.9. The largest absolute Gasteiger partial charge is 0.493 e. The number of carbonyl (C=O) groups excluding carboxylic acids is 2. The number of hydrogen-bond donors (Lipinski definition) is 2. The molecule has 11 heteroatoms. The molecule has 3 rings (SSSR count). The van der Waals surface area contributed by atoms with Gasteiger partial charge in [0.15, 0.2) is 34.5 Å². The minimum absolute atomic E-state index is 0.0909. The zero-order chi connectivity index (χ0) is 26.6. The summed E-state index contributed by atoms with van der Waals surface area (Å²) in [6.07, 6.45) is 2.88. The Morgan fingerprint density at radius 3 is 1.54 bits per heavy atom. The van der Waals surface area contributed by atoms with Gasteiger partial charge < -0.3 is 23.4 Å². The molecule has 2 N–H and O–H groups in total. The molecule has 0 fully saturated rings. The molecule has 0 bridgehead atoms. The SMILES string of the molecule is CCOc1ccc(/C=N/NC(=O)c2ccc(C(=O)N/N=C/c3ccc(OCC)c(OC)c3)o2)cc1OC. The van der Waals surface area contributed by atoms with Gasteiger partial charge in [0.25, 0.3) is 0 Å². The first-order valence-corrected chi connectivity index (χ1v) is 11.4. The molecule has 2 aromatic carbocycles. The summed E-state index contributed by atoms with van der Waals surface area (Å²) in [4.78, 5) is 24.6. The minimum atomic E-state index is -0.627. The number of amides is 2. The Bertz CT molecular complexity index is 1190. The molecule has 0 aliphatic carbocycles. The second-order valence-corrected chi connectivity index (χ2v) is 7.25. The Hall–Kier alpha value is -4.80. The van der Waals surface area contributed by atoms with Gasteiger partial charge in [-0.25, -0.2) is 10.9 Å². The van der Waals surface area contributed by atoms with Crippen LogP contribution in [0.2, 0.25) is 0 Å². The van der Waals surface area contributed by atoms with Crippen LogP contribution in [0.1, 0.15) is 46.1 Å². The summed E-state index contributed by atoms with van der Waals surface area (Å²) >= 11 is 0. The van der Waals surface area contributed by atoms with Crippen molar-refractivity contribution in [2.75, 3.05) is 27.4 Å². The first-order valence-electron chi connectivity index (χ1n) is 11.4. The fraction of sp³-hybridized carbons (Fsp3) is 0.231. The van der Waals surface area contributed by atoms with Crippen LogP contribution in [-0.4, -0.2) is 51.7 Å². The molecule has 11 nitrogen and oxygen atoms in total. The van der Waals surface area contributed by atoms with Gasteiger partial charge >= 0.3 is 11.8 Å². The lowest BCUT2D eigenvalue weighted by atomic mass is 10.2. The highest BCUT2D eigenvalue weighted by molar-refractivity contribution is 5.96. The average Bonchev–Trinajstić information content (AvgIpc) is 3.41. The van der Waals surface area contributed by atoms with Crippen LogP contribution in [0.5, 0.6) is 23.0 Å². The number of carbonyl (C=O) groups is 2. The first kappa shape index (κ1) is 26.8. The lowest BCUT2D eigenvalue weighted by Crippen LogP contribution is -2.18. The molecule has 1 heterocycles. The second kappa shape index (κ2) is 13.3. The molecular weight excluding hydrogens is 480 g/mol. The number of ether oxygens (including phenoxy) is 4. The van der Waals surface area contributed by atoms with Gasteiger partial charge in [0.1, 0.15) is 0 Å². The van der Waals surface area contributed by atoms with Crippen molar-refractivity contribution in [2.24, 2.45) is 10.2 Å². The van der Waals surface area contributed by atoms with Gasteiger partial charge in [0.2, 0.25) is 0 Å². The summed E-state index contributed by atoms with van der Waals surface area (Å²) in [7, 11) is 3.07. The van der Waals surface area contributed by atoms with E-state index in [1.54, 1.807) is 36.4 Å². The van der Waals surface area contributed by atoms with E-state index in [1.807, 2.05) is 13.8 Å². The number of nitrogens with zero attached hydrogens (tertiary/aromatic N) is 2. The zero-order valence-corrected chi connectivity index (χ0v) is 20.9. The maximum Gasteiger partial charge on any atom is 0.307 e. The molecule has 0 aliphatic heterocycles. The van der Waals surface area contributed by atoms with Crippen LogP contribution >= 0.6 is 0 Å². The van der Waals surface area contributed by atoms with Crippen LogP contribution in [0.3, 0.4) is 0 Å². The standard InChI is InChI=1S/C26H28N4O7/c1-5-35-19-9-7-17(13-23(19)33-3)15-27-29-25(31)21-11-12-22(37-21)26(32)30-28-16-18-8-10-20(36-6-2)24(14-18)34-4/h7-16H,5-6H2,1-4H3,(H,29,31)(H,30,32)/b27-15+,28-16+. The monoisotopic (exact) mass is 508 g/mol. The molecule has 2 amide bonds. The highest BCUT2D eigenvalue weighted by atomic mass is 16.5. The van der Waals surface area contributed by atoms with E-state index in [9.17, 15) is 9.59 Å². The van der Waals surface area contributed by atoms with Crippen LogP contribution in [0, 0.1) is 0 Å². The summed E-state index contributed by atoms with van der Waals surface area (Å²) in [5.74, 6) is 0.869. The van der Waals surface area contributed by atoms with Crippen LogP contribution in [0.15, 0.2) is 63.2 Å². The van der Waals surface area contributed by atoms with Gasteiger partial charge in [-0.15, -0.1) is 0 Å². The molecule has 0 saturated heterocycles. The van der Waals surface area contributed by atoms with Crippen molar-refractivity contribution in [1.82, 2.24) is 10.9 Å². The van der Waals surface area contributed by atoms with E-state index in [1.165, 1.54) is 38.8 Å². The minimum Gasteiger partial charge on any atom is -0.493 e. The lowest BCUT2D eigenvalue weighted by molar-refractivity contribution is 0.0902. The van der Waals surface area contributed by atoms with Gasteiger partial charge in [-0.05, 0) is 73.5 Å². The summed E-state index contributed by atoms with van der Waals surface area (Å²) in [5.41, 5.74) is 6.06. The number of benzene rings is 2. The molecular formula is C26H28N4O7. The summed E-state index contributed by atoms with van der Waals surface area (Å²) < 4.78 is 26.8. The molecule has 37 heavy (non-hydrogen) atoms. The molecule has 0 saturated carbocycles. The maximum atomic E-state index is 12.3. The van der Waals surface area contributed by atoms with Crippen molar-refractivity contribution >= 4 is 24.2 Å². The summed E-state index contributed by atoms with van der Waals surface area (Å²) in [5, 5.41) is 7.83. The first-order chi connectivity index (χ1) is 18.0. The quantitative estimate of drug-likeness (QED) is 0.282. The molecule has 0 aliphatic rings. The Morgan fingerprint density at radius 2 is 1.16 bits per heavy atom.